The number of urea groups is 1. The minimum absolute atomic E-state index is 0.0507. The van der Waals surface area contributed by atoms with Crippen LogP contribution in [0, 0.1) is 11.8 Å². The standard InChI is InChI=1S/C19H34ClF3N6O/c1-11-7-16(25-10-12-3-2-6-24-9-12)28-17(26-11)29-18(30)27-13-4-5-15(20)14(8-13)19(21,22)23/h11-17,24-26,28H,2-10H2,1H3,(H2,27,29,30). The molecule has 7 nitrogen and oxygen atoms in total. The largest absolute Gasteiger partial charge is 0.393 e. The fraction of sp³-hybridized carbons (Fsp3) is 0.947. The molecule has 2 saturated heterocycles. The highest BCUT2D eigenvalue weighted by Crippen LogP contribution is 2.40. The van der Waals surface area contributed by atoms with Crippen LogP contribution in [0.25, 0.3) is 0 Å². The van der Waals surface area contributed by atoms with Gasteiger partial charge in [-0.15, -0.1) is 11.6 Å². The van der Waals surface area contributed by atoms with Crippen molar-refractivity contribution in [2.24, 2.45) is 11.8 Å². The van der Waals surface area contributed by atoms with Crippen LogP contribution >= 0.6 is 11.6 Å². The average Bonchev–Trinajstić information content (AvgIpc) is 2.67. The highest BCUT2D eigenvalue weighted by Gasteiger charge is 2.47. The summed E-state index contributed by atoms with van der Waals surface area (Å²) >= 11 is 5.86. The fourth-order valence-electron chi connectivity index (χ4n) is 4.62. The molecule has 1 aliphatic carbocycles. The lowest BCUT2D eigenvalue weighted by atomic mass is 9.85. The summed E-state index contributed by atoms with van der Waals surface area (Å²) in [4.78, 5) is 12.4. The third-order valence-electron chi connectivity index (χ3n) is 6.26. The van der Waals surface area contributed by atoms with E-state index in [1.54, 1.807) is 0 Å². The van der Waals surface area contributed by atoms with Gasteiger partial charge in [0.25, 0.3) is 0 Å². The molecule has 174 valence electrons. The first kappa shape index (κ1) is 23.8. The number of hydrogen-bond donors (Lipinski definition) is 6. The van der Waals surface area contributed by atoms with E-state index in [0.29, 0.717) is 12.3 Å². The summed E-state index contributed by atoms with van der Waals surface area (Å²) in [6.07, 6.45) is -1.02. The van der Waals surface area contributed by atoms with Crippen LogP contribution < -0.4 is 31.9 Å². The Morgan fingerprint density at radius 1 is 1.13 bits per heavy atom. The van der Waals surface area contributed by atoms with Gasteiger partial charge in [0.05, 0.1) is 12.1 Å². The summed E-state index contributed by atoms with van der Waals surface area (Å²) < 4.78 is 39.4. The van der Waals surface area contributed by atoms with E-state index in [-0.39, 0.29) is 25.0 Å². The number of piperidine rings is 1. The van der Waals surface area contributed by atoms with Gasteiger partial charge in [-0.05, 0) is 64.5 Å². The molecule has 7 atom stereocenters. The van der Waals surface area contributed by atoms with E-state index >= 15 is 0 Å². The molecule has 11 heteroatoms. The van der Waals surface area contributed by atoms with Gasteiger partial charge in [0, 0.05) is 24.0 Å². The summed E-state index contributed by atoms with van der Waals surface area (Å²) in [5.74, 6) is -0.994. The summed E-state index contributed by atoms with van der Waals surface area (Å²) in [5, 5.41) is 18.1. The molecule has 30 heavy (non-hydrogen) atoms. The Labute approximate surface area is 181 Å². The van der Waals surface area contributed by atoms with Crippen molar-refractivity contribution in [1.82, 2.24) is 31.9 Å². The van der Waals surface area contributed by atoms with Crippen LogP contribution in [-0.4, -0.2) is 61.8 Å². The monoisotopic (exact) mass is 454 g/mol. The Morgan fingerprint density at radius 2 is 1.93 bits per heavy atom. The summed E-state index contributed by atoms with van der Waals surface area (Å²) in [5.41, 5.74) is 0. The highest BCUT2D eigenvalue weighted by molar-refractivity contribution is 6.20. The molecule has 0 aromatic rings. The molecular weight excluding hydrogens is 421 g/mol. The maximum atomic E-state index is 13.1. The van der Waals surface area contributed by atoms with Crippen molar-refractivity contribution < 1.29 is 18.0 Å². The van der Waals surface area contributed by atoms with E-state index in [1.165, 1.54) is 12.8 Å². The first-order valence-corrected chi connectivity index (χ1v) is 11.4. The molecule has 0 aromatic carbocycles. The lowest BCUT2D eigenvalue weighted by molar-refractivity contribution is -0.182. The van der Waals surface area contributed by atoms with Crippen molar-refractivity contribution in [3.05, 3.63) is 0 Å². The second-order valence-corrected chi connectivity index (χ2v) is 9.43. The molecule has 6 N–H and O–H groups in total. The predicted molar refractivity (Wildman–Crippen MR) is 110 cm³/mol. The molecule has 0 radical (unpaired) electrons. The third kappa shape index (κ3) is 7.12. The van der Waals surface area contributed by atoms with Crippen molar-refractivity contribution in [2.45, 2.75) is 81.5 Å². The van der Waals surface area contributed by atoms with Gasteiger partial charge in [0.15, 0.2) is 0 Å². The van der Waals surface area contributed by atoms with E-state index in [0.717, 1.165) is 26.1 Å². The average molecular weight is 455 g/mol. The van der Waals surface area contributed by atoms with E-state index in [4.69, 9.17) is 11.6 Å². The molecule has 0 spiro atoms. The predicted octanol–water partition coefficient (Wildman–Crippen LogP) is 1.79. The molecule has 2 aliphatic heterocycles. The zero-order valence-corrected chi connectivity index (χ0v) is 18.1. The van der Waals surface area contributed by atoms with Gasteiger partial charge < -0.3 is 21.3 Å². The highest BCUT2D eigenvalue weighted by atomic mass is 35.5. The number of hydrogen-bond acceptors (Lipinski definition) is 5. The minimum atomic E-state index is -4.35. The molecule has 0 aromatic heterocycles. The SMILES string of the molecule is CC1CC(NCC2CCCNC2)NC(NC(=O)NC2CCC(Cl)C(C(F)(F)F)C2)N1. The molecule has 2 amide bonds. The van der Waals surface area contributed by atoms with Crippen molar-refractivity contribution in [1.29, 1.82) is 0 Å². The number of rotatable bonds is 5. The second-order valence-electron chi connectivity index (χ2n) is 8.87. The van der Waals surface area contributed by atoms with Gasteiger partial charge in [-0.2, -0.15) is 13.2 Å². The molecule has 3 aliphatic rings. The van der Waals surface area contributed by atoms with Crippen LogP contribution in [0.5, 0.6) is 0 Å². The summed E-state index contributed by atoms with van der Waals surface area (Å²) in [6.45, 7) is 5.04. The van der Waals surface area contributed by atoms with Crippen molar-refractivity contribution in [2.75, 3.05) is 19.6 Å². The molecule has 7 unspecified atom stereocenters. The topological polar surface area (TPSA) is 89.2 Å². The lowest BCUT2D eigenvalue weighted by Crippen LogP contribution is -2.68. The molecule has 2 heterocycles. The van der Waals surface area contributed by atoms with Crippen LogP contribution in [0.2, 0.25) is 0 Å². The van der Waals surface area contributed by atoms with Crippen molar-refractivity contribution in [3.8, 4) is 0 Å². The van der Waals surface area contributed by atoms with E-state index in [2.05, 4.69) is 31.9 Å². The van der Waals surface area contributed by atoms with E-state index in [1.807, 2.05) is 6.92 Å². The Balaban J connectivity index is 1.43. The quantitative estimate of drug-likeness (QED) is 0.357. The van der Waals surface area contributed by atoms with Crippen LogP contribution in [-0.2, 0) is 0 Å². The normalized spacial score (nSPS) is 38.1. The Bertz CT molecular complexity index is 563. The zero-order valence-electron chi connectivity index (χ0n) is 17.3. The minimum Gasteiger partial charge on any atom is -0.335 e. The van der Waals surface area contributed by atoms with Crippen LogP contribution in [0.3, 0.4) is 0 Å². The number of alkyl halides is 4. The Kier molecular flexibility index (Phi) is 8.48. The Morgan fingerprint density at radius 3 is 2.63 bits per heavy atom. The van der Waals surface area contributed by atoms with Gasteiger partial charge in [0.1, 0.15) is 6.29 Å². The fourth-order valence-corrected chi connectivity index (χ4v) is 4.99. The molecule has 1 saturated carbocycles. The number of carbonyl (C=O) groups is 1. The number of nitrogens with one attached hydrogen (secondary N) is 6. The third-order valence-corrected chi connectivity index (χ3v) is 6.78. The maximum Gasteiger partial charge on any atom is 0.393 e. The zero-order chi connectivity index (χ0) is 21.7. The smallest absolute Gasteiger partial charge is 0.335 e. The van der Waals surface area contributed by atoms with Gasteiger partial charge in [-0.3, -0.25) is 10.6 Å². The maximum absolute atomic E-state index is 13.1. The van der Waals surface area contributed by atoms with Crippen molar-refractivity contribution >= 4 is 17.6 Å². The molecule has 3 rings (SSSR count). The second kappa shape index (κ2) is 10.7. The lowest BCUT2D eigenvalue weighted by Gasteiger charge is -2.38. The summed E-state index contributed by atoms with van der Waals surface area (Å²) in [7, 11) is 0. The van der Waals surface area contributed by atoms with Crippen LogP contribution in [0.15, 0.2) is 0 Å². The van der Waals surface area contributed by atoms with Gasteiger partial charge >= 0.3 is 12.2 Å². The van der Waals surface area contributed by atoms with Gasteiger partial charge in [0.2, 0.25) is 0 Å². The van der Waals surface area contributed by atoms with E-state index in [9.17, 15) is 18.0 Å². The first-order valence-electron chi connectivity index (χ1n) is 10.9. The van der Waals surface area contributed by atoms with Gasteiger partial charge in [-0.25, -0.2) is 4.79 Å². The van der Waals surface area contributed by atoms with Gasteiger partial charge in [-0.1, -0.05) is 0 Å². The first-order chi connectivity index (χ1) is 14.2. The van der Waals surface area contributed by atoms with Crippen molar-refractivity contribution in [3.63, 3.8) is 0 Å². The number of halogens is 4. The Hall–Kier alpha value is -0.810. The molecule has 3 fully saturated rings. The van der Waals surface area contributed by atoms with E-state index < -0.39 is 35.8 Å². The number of amides is 2. The van der Waals surface area contributed by atoms with Crippen LogP contribution in [0.1, 0.15) is 45.4 Å². The summed E-state index contributed by atoms with van der Waals surface area (Å²) in [6, 6.07) is -0.844. The molecule has 0 bridgehead atoms. The number of carbonyl (C=O) groups excluding carboxylic acids is 1. The molecular formula is C19H34ClF3N6O. The van der Waals surface area contributed by atoms with Crippen LogP contribution in [0.4, 0.5) is 18.0 Å².